The number of rotatable bonds is 6. The molecular weight excluding hydrogens is 260 g/mol. The lowest BCUT2D eigenvalue weighted by atomic mass is 9.86. The van der Waals surface area contributed by atoms with Crippen molar-refractivity contribution in [1.29, 1.82) is 0 Å². The van der Waals surface area contributed by atoms with Crippen LogP contribution in [0.2, 0.25) is 0 Å². The molecule has 0 spiro atoms. The summed E-state index contributed by atoms with van der Waals surface area (Å²) in [4.78, 5) is 22.5. The van der Waals surface area contributed by atoms with Crippen LogP contribution >= 0.6 is 0 Å². The largest absolute Gasteiger partial charge is 0.481 e. The van der Waals surface area contributed by atoms with E-state index in [1.807, 2.05) is 13.8 Å². The number of hydrogen-bond donors (Lipinski definition) is 4. The molecule has 0 aromatic carbocycles. The van der Waals surface area contributed by atoms with Crippen LogP contribution in [0.5, 0.6) is 0 Å². The number of carboxylic acid groups (broad SMARTS) is 1. The van der Waals surface area contributed by atoms with Crippen LogP contribution in [0, 0.1) is 11.8 Å². The molecule has 1 aliphatic rings. The minimum atomic E-state index is -0.746. The first kappa shape index (κ1) is 16.8. The average molecular weight is 286 g/mol. The van der Waals surface area contributed by atoms with E-state index in [2.05, 4.69) is 10.6 Å². The normalized spacial score (nSPS) is 25.6. The first-order valence-corrected chi connectivity index (χ1v) is 7.39. The van der Waals surface area contributed by atoms with Gasteiger partial charge in [-0.05, 0) is 31.6 Å². The van der Waals surface area contributed by atoms with Crippen LogP contribution in [0.15, 0.2) is 0 Å². The average Bonchev–Trinajstić information content (AvgIpc) is 2.44. The maximum atomic E-state index is 11.7. The number of urea groups is 1. The predicted octanol–water partition coefficient (Wildman–Crippen LogP) is 1.34. The summed E-state index contributed by atoms with van der Waals surface area (Å²) in [6.45, 7) is 4.18. The van der Waals surface area contributed by atoms with Crippen LogP contribution in [-0.4, -0.2) is 40.9 Å². The molecule has 0 bridgehead atoms. The van der Waals surface area contributed by atoms with Crippen molar-refractivity contribution in [3.63, 3.8) is 0 Å². The summed E-state index contributed by atoms with van der Waals surface area (Å²) < 4.78 is 0. The SMILES string of the molecule is CCC(C)C(O)CNC(=O)NC1CCC(C(=O)O)CC1. The molecule has 6 heteroatoms. The Kier molecular flexibility index (Phi) is 6.78. The van der Waals surface area contributed by atoms with Gasteiger partial charge in [-0.3, -0.25) is 4.79 Å². The third-order valence-corrected chi connectivity index (χ3v) is 4.18. The minimum Gasteiger partial charge on any atom is -0.481 e. The zero-order chi connectivity index (χ0) is 15.1. The van der Waals surface area contributed by atoms with Crippen LogP contribution in [0.1, 0.15) is 46.0 Å². The molecular formula is C14H26N2O4. The van der Waals surface area contributed by atoms with E-state index in [0.717, 1.165) is 6.42 Å². The standard InChI is InChI=1S/C14H26N2O4/c1-3-9(2)12(17)8-15-14(20)16-11-6-4-10(5-7-11)13(18)19/h9-12,17H,3-8H2,1-2H3,(H,18,19)(H2,15,16,20). The van der Waals surface area contributed by atoms with E-state index in [4.69, 9.17) is 5.11 Å². The van der Waals surface area contributed by atoms with Crippen molar-refractivity contribution in [2.24, 2.45) is 11.8 Å². The second kappa shape index (κ2) is 8.09. The summed E-state index contributed by atoms with van der Waals surface area (Å²) in [5.74, 6) is -0.866. The fraction of sp³-hybridized carbons (Fsp3) is 0.857. The molecule has 0 aromatic rings. The molecule has 116 valence electrons. The van der Waals surface area contributed by atoms with Gasteiger partial charge in [-0.15, -0.1) is 0 Å². The van der Waals surface area contributed by atoms with Crippen LogP contribution in [0.25, 0.3) is 0 Å². The molecule has 20 heavy (non-hydrogen) atoms. The molecule has 0 aromatic heterocycles. The first-order valence-electron chi connectivity index (χ1n) is 7.39. The molecule has 1 aliphatic carbocycles. The van der Waals surface area contributed by atoms with E-state index in [-0.39, 0.29) is 30.5 Å². The molecule has 2 amide bonds. The van der Waals surface area contributed by atoms with E-state index in [0.29, 0.717) is 25.7 Å². The summed E-state index contributed by atoms with van der Waals surface area (Å²) in [6.07, 6.45) is 2.93. The smallest absolute Gasteiger partial charge is 0.315 e. The van der Waals surface area contributed by atoms with Gasteiger partial charge in [0.1, 0.15) is 0 Å². The molecule has 0 heterocycles. The lowest BCUT2D eigenvalue weighted by Gasteiger charge is -2.27. The highest BCUT2D eigenvalue weighted by atomic mass is 16.4. The highest BCUT2D eigenvalue weighted by molar-refractivity contribution is 5.74. The van der Waals surface area contributed by atoms with Gasteiger partial charge in [0.15, 0.2) is 0 Å². The van der Waals surface area contributed by atoms with Crippen LogP contribution in [-0.2, 0) is 4.79 Å². The molecule has 1 rings (SSSR count). The number of carboxylic acids is 1. The van der Waals surface area contributed by atoms with E-state index in [1.54, 1.807) is 0 Å². The number of aliphatic hydroxyl groups is 1. The van der Waals surface area contributed by atoms with Gasteiger partial charge in [0, 0.05) is 12.6 Å². The topological polar surface area (TPSA) is 98.7 Å². The Morgan fingerprint density at radius 1 is 1.25 bits per heavy atom. The second-order valence-corrected chi connectivity index (χ2v) is 5.69. The molecule has 0 aliphatic heterocycles. The van der Waals surface area contributed by atoms with E-state index >= 15 is 0 Å². The van der Waals surface area contributed by atoms with Crippen molar-refractivity contribution in [2.45, 2.75) is 58.1 Å². The quantitative estimate of drug-likeness (QED) is 0.592. The van der Waals surface area contributed by atoms with Crippen molar-refractivity contribution < 1.29 is 19.8 Å². The van der Waals surface area contributed by atoms with Crippen molar-refractivity contribution >= 4 is 12.0 Å². The summed E-state index contributed by atoms with van der Waals surface area (Å²) in [5, 5.41) is 24.2. The maximum absolute atomic E-state index is 11.7. The fourth-order valence-corrected chi connectivity index (χ4v) is 2.39. The van der Waals surface area contributed by atoms with Gasteiger partial charge in [-0.25, -0.2) is 4.79 Å². The molecule has 0 radical (unpaired) electrons. The Hall–Kier alpha value is -1.30. The zero-order valence-corrected chi connectivity index (χ0v) is 12.3. The van der Waals surface area contributed by atoms with E-state index in [9.17, 15) is 14.7 Å². The number of aliphatic carboxylic acids is 1. The Morgan fingerprint density at radius 3 is 2.35 bits per heavy atom. The van der Waals surface area contributed by atoms with Gasteiger partial charge in [-0.2, -0.15) is 0 Å². The fourth-order valence-electron chi connectivity index (χ4n) is 2.39. The third kappa shape index (κ3) is 5.36. The molecule has 1 fully saturated rings. The van der Waals surface area contributed by atoms with Gasteiger partial charge in [0.05, 0.1) is 12.0 Å². The number of amides is 2. The van der Waals surface area contributed by atoms with E-state index in [1.165, 1.54) is 0 Å². The summed E-state index contributed by atoms with van der Waals surface area (Å²) in [7, 11) is 0. The van der Waals surface area contributed by atoms with Gasteiger partial charge >= 0.3 is 12.0 Å². The molecule has 4 N–H and O–H groups in total. The first-order chi connectivity index (χ1) is 9.43. The number of nitrogens with one attached hydrogen (secondary N) is 2. The highest BCUT2D eigenvalue weighted by Crippen LogP contribution is 2.24. The highest BCUT2D eigenvalue weighted by Gasteiger charge is 2.26. The van der Waals surface area contributed by atoms with Gasteiger partial charge in [-0.1, -0.05) is 20.3 Å². The Labute approximate surface area is 119 Å². The number of hydrogen-bond acceptors (Lipinski definition) is 3. The number of carbonyl (C=O) groups is 2. The van der Waals surface area contributed by atoms with Crippen molar-refractivity contribution in [2.75, 3.05) is 6.54 Å². The number of carbonyl (C=O) groups excluding carboxylic acids is 1. The Balaban J connectivity index is 2.22. The molecule has 0 saturated heterocycles. The van der Waals surface area contributed by atoms with Gasteiger partial charge < -0.3 is 20.8 Å². The summed E-state index contributed by atoms with van der Waals surface area (Å²) in [6, 6.07) is -0.252. The predicted molar refractivity (Wildman–Crippen MR) is 75.4 cm³/mol. The molecule has 2 unspecified atom stereocenters. The van der Waals surface area contributed by atoms with Gasteiger partial charge in [0.25, 0.3) is 0 Å². The molecule has 1 saturated carbocycles. The van der Waals surface area contributed by atoms with E-state index < -0.39 is 12.1 Å². The maximum Gasteiger partial charge on any atom is 0.315 e. The monoisotopic (exact) mass is 286 g/mol. The van der Waals surface area contributed by atoms with Crippen molar-refractivity contribution in [3.8, 4) is 0 Å². The Morgan fingerprint density at radius 2 is 1.85 bits per heavy atom. The zero-order valence-electron chi connectivity index (χ0n) is 12.3. The van der Waals surface area contributed by atoms with Crippen LogP contribution < -0.4 is 10.6 Å². The van der Waals surface area contributed by atoms with Crippen molar-refractivity contribution in [1.82, 2.24) is 10.6 Å². The number of aliphatic hydroxyl groups excluding tert-OH is 1. The van der Waals surface area contributed by atoms with Crippen LogP contribution in [0.3, 0.4) is 0 Å². The van der Waals surface area contributed by atoms with Crippen LogP contribution in [0.4, 0.5) is 4.79 Å². The Bertz CT molecular complexity index is 327. The van der Waals surface area contributed by atoms with Crippen molar-refractivity contribution in [3.05, 3.63) is 0 Å². The summed E-state index contributed by atoms with van der Waals surface area (Å²) >= 11 is 0. The summed E-state index contributed by atoms with van der Waals surface area (Å²) in [5.41, 5.74) is 0. The third-order valence-electron chi connectivity index (χ3n) is 4.18. The van der Waals surface area contributed by atoms with Gasteiger partial charge in [0.2, 0.25) is 0 Å². The second-order valence-electron chi connectivity index (χ2n) is 5.69. The minimum absolute atomic E-state index is 0.0336. The lowest BCUT2D eigenvalue weighted by molar-refractivity contribution is -0.142. The lowest BCUT2D eigenvalue weighted by Crippen LogP contribution is -2.46. The molecule has 6 nitrogen and oxygen atoms in total. The molecule has 2 atom stereocenters.